The van der Waals surface area contributed by atoms with Crippen molar-refractivity contribution in [3.8, 4) is 11.5 Å². The number of nitro groups is 1. The second kappa shape index (κ2) is 6.11. The van der Waals surface area contributed by atoms with E-state index in [9.17, 15) is 14.9 Å². The van der Waals surface area contributed by atoms with Crippen molar-refractivity contribution in [1.82, 2.24) is 0 Å². The van der Waals surface area contributed by atoms with Gasteiger partial charge < -0.3 is 9.84 Å². The number of non-ortho nitro benzene ring substituents is 1. The molecule has 0 bridgehead atoms. The van der Waals surface area contributed by atoms with E-state index in [1.54, 1.807) is 18.2 Å². The van der Waals surface area contributed by atoms with Gasteiger partial charge in [-0.2, -0.15) is 0 Å². The van der Waals surface area contributed by atoms with Gasteiger partial charge in [0.2, 0.25) is 0 Å². The summed E-state index contributed by atoms with van der Waals surface area (Å²) in [6, 6.07) is 8.13. The minimum absolute atomic E-state index is 0.0303. The molecule has 2 aromatic rings. The molecule has 2 aromatic carbocycles. The maximum absolute atomic E-state index is 11.2. The Morgan fingerprint density at radius 3 is 2.48 bits per heavy atom. The Labute approximate surface area is 132 Å². The van der Waals surface area contributed by atoms with Crippen molar-refractivity contribution in [1.29, 1.82) is 0 Å². The molecule has 0 fully saturated rings. The number of aromatic carboxylic acids is 1. The maximum Gasteiger partial charge on any atom is 0.339 e. The zero-order valence-corrected chi connectivity index (χ0v) is 12.6. The third kappa shape index (κ3) is 3.50. The third-order valence-corrected chi connectivity index (χ3v) is 3.31. The van der Waals surface area contributed by atoms with Crippen LogP contribution in [-0.4, -0.2) is 16.0 Å². The summed E-state index contributed by atoms with van der Waals surface area (Å²) in [5, 5.41) is 20.1. The molecule has 0 atom stereocenters. The highest BCUT2D eigenvalue weighted by Gasteiger charge is 2.18. The number of halogens is 2. The van der Waals surface area contributed by atoms with E-state index in [4.69, 9.17) is 21.4 Å². The quantitative estimate of drug-likeness (QED) is 0.630. The van der Waals surface area contributed by atoms with Crippen molar-refractivity contribution in [3.05, 3.63) is 61.6 Å². The minimum Gasteiger partial charge on any atom is -0.478 e. The van der Waals surface area contributed by atoms with Gasteiger partial charge in [0.1, 0.15) is 17.1 Å². The number of carboxylic acid groups (broad SMARTS) is 1. The zero-order chi connectivity index (χ0) is 15.6. The van der Waals surface area contributed by atoms with Crippen LogP contribution in [0, 0.1) is 10.1 Å². The van der Waals surface area contributed by atoms with Crippen molar-refractivity contribution in [2.24, 2.45) is 0 Å². The first-order chi connectivity index (χ1) is 9.88. The van der Waals surface area contributed by atoms with Gasteiger partial charge in [0.05, 0.1) is 9.95 Å². The molecular formula is C13H7BrClNO5. The van der Waals surface area contributed by atoms with Gasteiger partial charge in [0.15, 0.2) is 0 Å². The summed E-state index contributed by atoms with van der Waals surface area (Å²) in [6.45, 7) is 0. The Balaban J connectivity index is 2.44. The first kappa shape index (κ1) is 15.3. The molecule has 0 heterocycles. The number of nitrogens with zero attached hydrogens (tertiary/aromatic N) is 1. The van der Waals surface area contributed by atoms with Crippen LogP contribution in [0.25, 0.3) is 0 Å². The lowest BCUT2D eigenvalue weighted by molar-refractivity contribution is -0.384. The molecule has 2 rings (SSSR count). The molecule has 0 aromatic heterocycles. The lowest BCUT2D eigenvalue weighted by Crippen LogP contribution is -2.01. The molecule has 0 radical (unpaired) electrons. The molecule has 8 heteroatoms. The smallest absolute Gasteiger partial charge is 0.339 e. The van der Waals surface area contributed by atoms with E-state index in [0.717, 1.165) is 16.6 Å². The van der Waals surface area contributed by atoms with E-state index < -0.39 is 10.9 Å². The number of benzene rings is 2. The lowest BCUT2D eigenvalue weighted by Gasteiger charge is -2.10. The number of hydrogen-bond acceptors (Lipinski definition) is 4. The molecule has 0 aliphatic carbocycles. The fourth-order valence-corrected chi connectivity index (χ4v) is 2.28. The van der Waals surface area contributed by atoms with Gasteiger partial charge in [-0.25, -0.2) is 4.79 Å². The van der Waals surface area contributed by atoms with Crippen LogP contribution in [0.2, 0.25) is 5.02 Å². The van der Waals surface area contributed by atoms with E-state index >= 15 is 0 Å². The average molecular weight is 373 g/mol. The lowest BCUT2D eigenvalue weighted by atomic mass is 10.2. The van der Waals surface area contributed by atoms with Crippen LogP contribution in [0.4, 0.5) is 5.69 Å². The number of carbonyl (C=O) groups is 1. The summed E-state index contributed by atoms with van der Waals surface area (Å²) >= 11 is 9.22. The SMILES string of the molecule is O=C(O)c1cc([N+](=O)[O-])ccc1Oc1ccc(Br)cc1Cl. The molecule has 0 saturated heterocycles. The van der Waals surface area contributed by atoms with E-state index in [0.29, 0.717) is 0 Å². The van der Waals surface area contributed by atoms with Gasteiger partial charge in [-0.15, -0.1) is 0 Å². The zero-order valence-electron chi connectivity index (χ0n) is 10.2. The Morgan fingerprint density at radius 1 is 1.24 bits per heavy atom. The molecule has 0 spiro atoms. The summed E-state index contributed by atoms with van der Waals surface area (Å²) < 4.78 is 6.17. The molecule has 0 aliphatic heterocycles. The maximum atomic E-state index is 11.2. The van der Waals surface area contributed by atoms with Crippen molar-refractivity contribution < 1.29 is 19.6 Å². The van der Waals surface area contributed by atoms with Gasteiger partial charge in [-0.05, 0) is 24.3 Å². The number of rotatable bonds is 4. The molecule has 0 aliphatic rings. The van der Waals surface area contributed by atoms with Crippen molar-refractivity contribution >= 4 is 39.2 Å². The van der Waals surface area contributed by atoms with Gasteiger partial charge >= 0.3 is 5.97 Å². The van der Waals surface area contributed by atoms with Gasteiger partial charge in [-0.1, -0.05) is 27.5 Å². The summed E-state index contributed by atoms with van der Waals surface area (Å²) in [6.07, 6.45) is 0. The molecular weight excluding hydrogens is 366 g/mol. The topological polar surface area (TPSA) is 89.7 Å². The van der Waals surface area contributed by atoms with E-state index in [1.807, 2.05) is 0 Å². The normalized spacial score (nSPS) is 10.2. The summed E-state index contributed by atoms with van der Waals surface area (Å²) in [4.78, 5) is 21.2. The molecule has 0 unspecified atom stereocenters. The fraction of sp³-hybridized carbons (Fsp3) is 0. The van der Waals surface area contributed by atoms with E-state index in [2.05, 4.69) is 15.9 Å². The highest BCUT2D eigenvalue weighted by molar-refractivity contribution is 9.10. The first-order valence-electron chi connectivity index (χ1n) is 5.53. The van der Waals surface area contributed by atoms with Crippen LogP contribution in [0.15, 0.2) is 40.9 Å². The van der Waals surface area contributed by atoms with Crippen molar-refractivity contribution in [3.63, 3.8) is 0 Å². The minimum atomic E-state index is -1.33. The average Bonchev–Trinajstić information content (AvgIpc) is 2.41. The predicted octanol–water partition coefficient (Wildman–Crippen LogP) is 4.50. The fourth-order valence-electron chi connectivity index (χ4n) is 1.56. The van der Waals surface area contributed by atoms with Crippen molar-refractivity contribution in [2.45, 2.75) is 0 Å². The predicted molar refractivity (Wildman–Crippen MR) is 79.3 cm³/mol. The molecule has 108 valence electrons. The van der Waals surface area contributed by atoms with Crippen LogP contribution in [-0.2, 0) is 0 Å². The van der Waals surface area contributed by atoms with E-state index in [-0.39, 0.29) is 27.8 Å². The Morgan fingerprint density at radius 2 is 1.90 bits per heavy atom. The highest BCUT2D eigenvalue weighted by atomic mass is 79.9. The largest absolute Gasteiger partial charge is 0.478 e. The van der Waals surface area contributed by atoms with Crippen LogP contribution >= 0.6 is 27.5 Å². The number of nitro benzene ring substituents is 1. The van der Waals surface area contributed by atoms with Crippen LogP contribution in [0.5, 0.6) is 11.5 Å². The summed E-state index contributed by atoms with van der Waals surface area (Å²) in [5.41, 5.74) is -0.648. The Kier molecular flexibility index (Phi) is 4.44. The monoisotopic (exact) mass is 371 g/mol. The van der Waals surface area contributed by atoms with E-state index in [1.165, 1.54) is 6.07 Å². The molecule has 6 nitrogen and oxygen atoms in total. The van der Waals surface area contributed by atoms with Crippen LogP contribution in [0.1, 0.15) is 10.4 Å². The number of hydrogen-bond donors (Lipinski definition) is 1. The summed E-state index contributed by atoms with van der Waals surface area (Å²) in [5.74, 6) is -1.12. The highest BCUT2D eigenvalue weighted by Crippen LogP contribution is 2.34. The standard InChI is InChI=1S/C13H7BrClNO5/c14-7-1-3-12(10(15)5-7)21-11-4-2-8(16(19)20)6-9(11)13(17)18/h1-6H,(H,17,18). The van der Waals surface area contributed by atoms with Crippen LogP contribution < -0.4 is 4.74 Å². The van der Waals surface area contributed by atoms with Crippen molar-refractivity contribution in [2.75, 3.05) is 0 Å². The molecule has 1 N–H and O–H groups in total. The van der Waals surface area contributed by atoms with Crippen LogP contribution in [0.3, 0.4) is 0 Å². The molecule has 0 saturated carbocycles. The molecule has 0 amide bonds. The van der Waals surface area contributed by atoms with Gasteiger partial charge in [0.25, 0.3) is 5.69 Å². The Hall–Kier alpha value is -2.12. The molecule has 21 heavy (non-hydrogen) atoms. The van der Waals surface area contributed by atoms with Gasteiger partial charge in [0, 0.05) is 16.6 Å². The Bertz CT molecular complexity index is 734. The van der Waals surface area contributed by atoms with Gasteiger partial charge in [-0.3, -0.25) is 10.1 Å². The second-order valence-electron chi connectivity index (χ2n) is 3.92. The first-order valence-corrected chi connectivity index (χ1v) is 6.70. The number of carboxylic acids is 1. The third-order valence-electron chi connectivity index (χ3n) is 2.52. The number of ether oxygens (including phenoxy) is 1. The second-order valence-corrected chi connectivity index (χ2v) is 5.24. The summed E-state index contributed by atoms with van der Waals surface area (Å²) in [7, 11) is 0.